The van der Waals surface area contributed by atoms with Gasteiger partial charge in [0, 0.05) is 12.6 Å². The summed E-state index contributed by atoms with van der Waals surface area (Å²) in [6, 6.07) is -0.821. The van der Waals surface area contributed by atoms with Gasteiger partial charge in [0.2, 0.25) is 17.7 Å². The molecule has 1 saturated heterocycles. The van der Waals surface area contributed by atoms with Crippen LogP contribution in [0.2, 0.25) is 0 Å². The zero-order valence-electron chi connectivity index (χ0n) is 18.2. The minimum atomic E-state index is -0.623. The first-order valence-corrected chi connectivity index (χ1v) is 11.3. The number of amides is 3. The highest BCUT2D eigenvalue weighted by molar-refractivity contribution is 7.96. The Bertz CT molecular complexity index is 621. The minimum Gasteiger partial charge on any atom is -0.346 e. The monoisotopic (exact) mass is 412 g/mol. The van der Waals surface area contributed by atoms with Crippen molar-refractivity contribution >= 4 is 29.7 Å². The van der Waals surface area contributed by atoms with E-state index in [9.17, 15) is 14.4 Å². The molecule has 7 nitrogen and oxygen atoms in total. The van der Waals surface area contributed by atoms with Gasteiger partial charge in [0.05, 0.1) is 12.6 Å². The van der Waals surface area contributed by atoms with Crippen molar-refractivity contribution in [3.8, 4) is 0 Å². The van der Waals surface area contributed by atoms with Gasteiger partial charge in [0.25, 0.3) is 0 Å². The maximum Gasteiger partial charge on any atom is 0.245 e. The van der Waals surface area contributed by atoms with Gasteiger partial charge in [-0.2, -0.15) is 0 Å². The SMILES string of the molecule is CSN[C@H](C)C(=O)NCC(=O)NC(C(=O)N1CC2(C)CC[C@@H]2C1C)C(C)(C)C. The molecule has 5 atom stereocenters. The van der Waals surface area contributed by atoms with E-state index in [-0.39, 0.29) is 35.7 Å². The number of nitrogens with one attached hydrogen (secondary N) is 3. The number of carbonyl (C=O) groups excluding carboxylic acids is 3. The summed E-state index contributed by atoms with van der Waals surface area (Å²) in [6.45, 7) is 12.6. The van der Waals surface area contributed by atoms with E-state index < -0.39 is 17.5 Å². The first-order chi connectivity index (χ1) is 12.9. The molecule has 1 aliphatic carbocycles. The van der Waals surface area contributed by atoms with Crippen molar-refractivity contribution in [2.75, 3.05) is 19.3 Å². The fourth-order valence-electron chi connectivity index (χ4n) is 4.43. The molecule has 3 N–H and O–H groups in total. The molecule has 1 aliphatic heterocycles. The topological polar surface area (TPSA) is 90.5 Å². The molecule has 2 aliphatic rings. The Morgan fingerprint density at radius 2 is 1.93 bits per heavy atom. The van der Waals surface area contributed by atoms with Crippen molar-refractivity contribution < 1.29 is 14.4 Å². The smallest absolute Gasteiger partial charge is 0.245 e. The quantitative estimate of drug-likeness (QED) is 0.552. The highest BCUT2D eigenvalue weighted by Crippen LogP contribution is 2.54. The fourth-order valence-corrected chi connectivity index (χ4v) is 4.89. The molecular formula is C20H36N4O3S. The van der Waals surface area contributed by atoms with Crippen LogP contribution in [0.3, 0.4) is 0 Å². The normalized spacial score (nSPS) is 28.8. The molecule has 0 bridgehead atoms. The Hall–Kier alpha value is -1.28. The van der Waals surface area contributed by atoms with Gasteiger partial charge in [0.15, 0.2) is 0 Å². The average Bonchev–Trinajstić information content (AvgIpc) is 2.75. The van der Waals surface area contributed by atoms with Crippen LogP contribution in [0.1, 0.15) is 54.4 Å². The second-order valence-electron chi connectivity index (χ2n) is 9.63. The molecular weight excluding hydrogens is 376 g/mol. The van der Waals surface area contributed by atoms with Gasteiger partial charge in [0.1, 0.15) is 6.04 Å². The van der Waals surface area contributed by atoms with Crippen LogP contribution in [0.15, 0.2) is 0 Å². The van der Waals surface area contributed by atoms with Crippen LogP contribution < -0.4 is 15.4 Å². The maximum atomic E-state index is 13.3. The molecule has 8 heteroatoms. The molecule has 2 rings (SSSR count). The van der Waals surface area contributed by atoms with Crippen molar-refractivity contribution in [1.82, 2.24) is 20.3 Å². The molecule has 160 valence electrons. The van der Waals surface area contributed by atoms with Gasteiger partial charge in [-0.15, -0.1) is 0 Å². The molecule has 3 unspecified atom stereocenters. The summed E-state index contributed by atoms with van der Waals surface area (Å²) in [5, 5.41) is 5.49. The summed E-state index contributed by atoms with van der Waals surface area (Å²) in [5.74, 6) is -0.0648. The lowest BCUT2D eigenvalue weighted by Crippen LogP contribution is -2.57. The fraction of sp³-hybridized carbons (Fsp3) is 0.850. The van der Waals surface area contributed by atoms with E-state index in [2.05, 4.69) is 29.2 Å². The summed E-state index contributed by atoms with van der Waals surface area (Å²) in [4.78, 5) is 39.7. The molecule has 1 saturated carbocycles. The predicted molar refractivity (Wildman–Crippen MR) is 113 cm³/mol. The summed E-state index contributed by atoms with van der Waals surface area (Å²) in [6.07, 6.45) is 4.16. The number of likely N-dealkylation sites (tertiary alicyclic amines) is 1. The van der Waals surface area contributed by atoms with E-state index in [1.165, 1.54) is 18.4 Å². The second kappa shape index (κ2) is 8.61. The molecule has 28 heavy (non-hydrogen) atoms. The Morgan fingerprint density at radius 3 is 2.36 bits per heavy atom. The summed E-state index contributed by atoms with van der Waals surface area (Å²) < 4.78 is 2.92. The molecule has 2 fully saturated rings. The van der Waals surface area contributed by atoms with Crippen molar-refractivity contribution in [2.45, 2.75) is 72.5 Å². The van der Waals surface area contributed by atoms with Crippen LogP contribution in [0, 0.1) is 16.7 Å². The Morgan fingerprint density at radius 1 is 1.29 bits per heavy atom. The second-order valence-corrected chi connectivity index (χ2v) is 10.3. The van der Waals surface area contributed by atoms with Crippen molar-refractivity contribution in [3.63, 3.8) is 0 Å². The average molecular weight is 413 g/mol. The first kappa shape index (κ1) is 23.0. The van der Waals surface area contributed by atoms with Gasteiger partial charge in [-0.25, -0.2) is 0 Å². The number of fused-ring (bicyclic) bond motifs is 1. The molecule has 0 radical (unpaired) electrons. The number of hydrogen-bond donors (Lipinski definition) is 3. The van der Waals surface area contributed by atoms with Gasteiger partial charge in [-0.1, -0.05) is 39.6 Å². The third-order valence-corrected chi connectivity index (χ3v) is 6.93. The molecule has 3 amide bonds. The lowest BCUT2D eigenvalue weighted by Gasteiger charge is -2.42. The van der Waals surface area contributed by atoms with E-state index in [0.717, 1.165) is 13.0 Å². The molecule has 0 spiro atoms. The van der Waals surface area contributed by atoms with Crippen LogP contribution in [-0.4, -0.2) is 60.1 Å². The maximum absolute atomic E-state index is 13.3. The number of nitrogens with zero attached hydrogens (tertiary/aromatic N) is 1. The zero-order chi connectivity index (χ0) is 21.3. The van der Waals surface area contributed by atoms with Crippen LogP contribution in [0.4, 0.5) is 0 Å². The highest BCUT2D eigenvalue weighted by atomic mass is 32.2. The Balaban J connectivity index is 1.99. The van der Waals surface area contributed by atoms with E-state index >= 15 is 0 Å². The van der Waals surface area contributed by atoms with Gasteiger partial charge in [-0.3, -0.25) is 19.1 Å². The summed E-state index contributed by atoms with van der Waals surface area (Å²) >= 11 is 1.35. The lowest BCUT2D eigenvalue weighted by atomic mass is 9.62. The van der Waals surface area contributed by atoms with Crippen molar-refractivity contribution in [3.05, 3.63) is 0 Å². The minimum absolute atomic E-state index is 0.0206. The van der Waals surface area contributed by atoms with E-state index in [0.29, 0.717) is 5.92 Å². The third kappa shape index (κ3) is 4.82. The number of rotatable bonds is 7. The van der Waals surface area contributed by atoms with E-state index in [1.807, 2.05) is 31.9 Å². The largest absolute Gasteiger partial charge is 0.346 e. The van der Waals surface area contributed by atoms with Gasteiger partial charge >= 0.3 is 0 Å². The summed E-state index contributed by atoms with van der Waals surface area (Å²) in [7, 11) is 0. The molecule has 0 aromatic carbocycles. The van der Waals surface area contributed by atoms with Gasteiger partial charge in [-0.05, 0) is 49.7 Å². The van der Waals surface area contributed by atoms with E-state index in [1.54, 1.807) is 6.92 Å². The molecule has 1 heterocycles. The molecule has 0 aromatic heterocycles. The Kier molecular flexibility index (Phi) is 7.08. The standard InChI is InChI=1S/C20H36N4O3S/c1-12(23-28-7)17(26)21-10-15(25)22-16(19(3,4)5)18(27)24-11-20(6)9-8-14(20)13(24)2/h12-14,16,23H,8-11H2,1-7H3,(H,21,26)(H,22,25)/t12-,13?,14-,16?,20?/m1/s1. The molecule has 0 aromatic rings. The van der Waals surface area contributed by atoms with E-state index in [4.69, 9.17) is 0 Å². The third-order valence-electron chi connectivity index (χ3n) is 6.34. The predicted octanol–water partition coefficient (Wildman–Crippen LogP) is 1.54. The zero-order valence-corrected chi connectivity index (χ0v) is 19.0. The van der Waals surface area contributed by atoms with Crippen LogP contribution in [-0.2, 0) is 14.4 Å². The number of hydrogen-bond acceptors (Lipinski definition) is 5. The first-order valence-electron chi connectivity index (χ1n) is 10.1. The van der Waals surface area contributed by atoms with Crippen LogP contribution in [0.5, 0.6) is 0 Å². The van der Waals surface area contributed by atoms with Gasteiger partial charge < -0.3 is 15.5 Å². The highest BCUT2D eigenvalue weighted by Gasteiger charge is 2.55. The van der Waals surface area contributed by atoms with Crippen molar-refractivity contribution in [1.29, 1.82) is 0 Å². The van der Waals surface area contributed by atoms with Crippen molar-refractivity contribution in [2.24, 2.45) is 16.7 Å². The Labute approximate surface area is 173 Å². The summed E-state index contributed by atoms with van der Waals surface area (Å²) in [5.41, 5.74) is -0.206. The number of carbonyl (C=O) groups is 3. The van der Waals surface area contributed by atoms with Crippen LogP contribution >= 0.6 is 11.9 Å². The van der Waals surface area contributed by atoms with Crippen LogP contribution in [0.25, 0.3) is 0 Å². The lowest BCUT2D eigenvalue weighted by molar-refractivity contribution is -0.140.